The second kappa shape index (κ2) is 7.90. The van der Waals surface area contributed by atoms with Gasteiger partial charge >= 0.3 is 11.7 Å². The molecular formula is C18H20ClN7O4. The summed E-state index contributed by atoms with van der Waals surface area (Å²) in [5.41, 5.74) is -0.495. The number of nitrogens with zero attached hydrogens (tertiary/aromatic N) is 7. The van der Waals surface area contributed by atoms with Crippen LogP contribution in [0.3, 0.4) is 0 Å². The molecule has 12 heteroatoms. The van der Waals surface area contributed by atoms with Gasteiger partial charge in [-0.1, -0.05) is 11.6 Å². The van der Waals surface area contributed by atoms with Crippen molar-refractivity contribution in [3.8, 4) is 6.01 Å². The molecule has 11 nitrogen and oxygen atoms in total. The summed E-state index contributed by atoms with van der Waals surface area (Å²) in [5.74, 6) is -0.171. The molecule has 4 rings (SSSR count). The number of halogens is 1. The molecule has 158 valence electrons. The Bertz CT molecular complexity index is 1210. The fourth-order valence-electron chi connectivity index (χ4n) is 3.53. The molecule has 0 aliphatic carbocycles. The topological polar surface area (TPSA) is 117 Å². The second-order valence-corrected chi connectivity index (χ2v) is 7.59. The average Bonchev–Trinajstić information content (AvgIpc) is 3.16. The van der Waals surface area contributed by atoms with Crippen molar-refractivity contribution in [3.63, 3.8) is 0 Å². The molecule has 0 N–H and O–H groups in total. The fraction of sp³-hybridized carbons (Fsp3) is 0.444. The van der Waals surface area contributed by atoms with Crippen LogP contribution >= 0.6 is 11.6 Å². The van der Waals surface area contributed by atoms with Gasteiger partial charge < -0.3 is 14.2 Å². The number of carbonyl (C=O) groups is 1. The molecule has 0 aromatic carbocycles. The summed E-state index contributed by atoms with van der Waals surface area (Å²) in [6.07, 6.45) is 5.61. The Morgan fingerprint density at radius 1 is 1.20 bits per heavy atom. The molecule has 0 spiro atoms. The summed E-state index contributed by atoms with van der Waals surface area (Å²) in [4.78, 5) is 51.4. The third-order valence-electron chi connectivity index (χ3n) is 5.12. The van der Waals surface area contributed by atoms with Gasteiger partial charge in [0.25, 0.3) is 5.56 Å². The summed E-state index contributed by atoms with van der Waals surface area (Å²) in [7, 11) is 2.93. The van der Waals surface area contributed by atoms with E-state index in [9.17, 15) is 14.4 Å². The highest BCUT2D eigenvalue weighted by Gasteiger charge is 2.26. The van der Waals surface area contributed by atoms with E-state index < -0.39 is 11.2 Å². The number of likely N-dealkylation sites (tertiary alicyclic amines) is 1. The summed E-state index contributed by atoms with van der Waals surface area (Å²) in [6, 6.07) is 0.212. The van der Waals surface area contributed by atoms with Crippen molar-refractivity contribution in [2.75, 3.05) is 13.1 Å². The molecule has 0 bridgehead atoms. The predicted octanol–water partition coefficient (Wildman–Crippen LogP) is -0.0529. The van der Waals surface area contributed by atoms with Crippen LogP contribution in [0.4, 0.5) is 0 Å². The van der Waals surface area contributed by atoms with Crippen LogP contribution in [-0.2, 0) is 25.4 Å². The van der Waals surface area contributed by atoms with E-state index in [-0.39, 0.29) is 35.7 Å². The highest BCUT2D eigenvalue weighted by atomic mass is 35.5. The number of aryl methyl sites for hydroxylation is 1. The Kier molecular flexibility index (Phi) is 5.29. The molecule has 1 aliphatic heterocycles. The summed E-state index contributed by atoms with van der Waals surface area (Å²) < 4.78 is 9.54. The molecule has 1 saturated heterocycles. The van der Waals surface area contributed by atoms with Gasteiger partial charge in [0, 0.05) is 20.6 Å². The Hall–Kier alpha value is -3.21. The van der Waals surface area contributed by atoms with Crippen molar-refractivity contribution in [1.29, 1.82) is 0 Å². The average molecular weight is 434 g/mol. The van der Waals surface area contributed by atoms with Crippen molar-refractivity contribution < 1.29 is 9.53 Å². The lowest BCUT2D eigenvalue weighted by atomic mass is 10.1. The van der Waals surface area contributed by atoms with Gasteiger partial charge in [0.15, 0.2) is 11.2 Å². The summed E-state index contributed by atoms with van der Waals surface area (Å²) in [6.45, 7) is 0.908. The lowest BCUT2D eigenvalue weighted by Crippen LogP contribution is -2.46. The van der Waals surface area contributed by atoms with E-state index in [4.69, 9.17) is 16.3 Å². The van der Waals surface area contributed by atoms with Gasteiger partial charge in [-0.15, -0.1) is 0 Å². The number of aromatic nitrogens is 6. The van der Waals surface area contributed by atoms with Gasteiger partial charge in [-0.05, 0) is 12.8 Å². The normalized spacial score (nSPS) is 16.8. The maximum atomic E-state index is 12.9. The van der Waals surface area contributed by atoms with E-state index in [2.05, 4.69) is 15.0 Å². The van der Waals surface area contributed by atoms with Gasteiger partial charge in [-0.3, -0.25) is 18.7 Å². The molecule has 0 saturated carbocycles. The first kappa shape index (κ1) is 20.1. The van der Waals surface area contributed by atoms with Crippen molar-refractivity contribution in [2.45, 2.75) is 25.5 Å². The second-order valence-electron chi connectivity index (χ2n) is 7.16. The molecule has 3 aromatic heterocycles. The molecule has 3 aromatic rings. The molecule has 1 fully saturated rings. The maximum absolute atomic E-state index is 12.9. The number of fused-ring (bicyclic) bond motifs is 1. The Labute approximate surface area is 175 Å². The number of piperidine rings is 1. The predicted molar refractivity (Wildman–Crippen MR) is 107 cm³/mol. The molecule has 1 atom stereocenters. The first-order chi connectivity index (χ1) is 14.3. The zero-order valence-electron chi connectivity index (χ0n) is 16.5. The van der Waals surface area contributed by atoms with Crippen LogP contribution in [0.25, 0.3) is 11.2 Å². The summed E-state index contributed by atoms with van der Waals surface area (Å²) >= 11 is 5.78. The Balaban J connectivity index is 1.50. The largest absolute Gasteiger partial charge is 0.458 e. The minimum Gasteiger partial charge on any atom is -0.458 e. The van der Waals surface area contributed by atoms with Gasteiger partial charge in [0.1, 0.15) is 12.6 Å². The van der Waals surface area contributed by atoms with Crippen molar-refractivity contribution >= 4 is 28.7 Å². The van der Waals surface area contributed by atoms with E-state index in [1.165, 1.54) is 42.0 Å². The van der Waals surface area contributed by atoms with Crippen LogP contribution in [0.1, 0.15) is 12.8 Å². The molecule has 30 heavy (non-hydrogen) atoms. The molecule has 0 radical (unpaired) electrons. The third-order valence-corrected chi connectivity index (χ3v) is 5.32. The molecule has 1 aliphatic rings. The number of amides is 1. The van der Waals surface area contributed by atoms with E-state index in [1.54, 1.807) is 4.90 Å². The van der Waals surface area contributed by atoms with E-state index in [1.807, 2.05) is 0 Å². The minimum atomic E-state index is -0.488. The number of carbonyl (C=O) groups excluding carboxylic acids is 1. The van der Waals surface area contributed by atoms with Crippen molar-refractivity contribution in [3.05, 3.63) is 44.6 Å². The van der Waals surface area contributed by atoms with Gasteiger partial charge in [-0.2, -0.15) is 0 Å². The molecular weight excluding hydrogens is 414 g/mol. The standard InChI is InChI=1S/C18H20ClN7O4/c1-23-15-14(16(28)24(2)18(23)29)26(10-22-15)9-13(27)25-5-3-4-12(8-25)30-17-20-6-11(19)7-21-17/h6-7,10,12H,3-5,8-9H2,1-2H3/t12-/m0/s1. The Morgan fingerprint density at radius 2 is 1.93 bits per heavy atom. The number of hydrogen-bond acceptors (Lipinski definition) is 7. The van der Waals surface area contributed by atoms with E-state index in [0.29, 0.717) is 18.1 Å². The van der Waals surface area contributed by atoms with Crippen molar-refractivity contribution in [2.24, 2.45) is 14.1 Å². The monoisotopic (exact) mass is 433 g/mol. The smallest absolute Gasteiger partial charge is 0.332 e. The molecule has 0 unspecified atom stereocenters. The van der Waals surface area contributed by atoms with Crippen molar-refractivity contribution in [1.82, 2.24) is 33.6 Å². The maximum Gasteiger partial charge on any atom is 0.332 e. The zero-order valence-corrected chi connectivity index (χ0v) is 17.2. The van der Waals surface area contributed by atoms with Gasteiger partial charge in [0.2, 0.25) is 5.91 Å². The lowest BCUT2D eigenvalue weighted by molar-refractivity contribution is -0.134. The van der Waals surface area contributed by atoms with Crippen LogP contribution in [-0.4, -0.2) is 58.7 Å². The fourth-order valence-corrected chi connectivity index (χ4v) is 3.63. The minimum absolute atomic E-state index is 0.0614. The number of ether oxygens (including phenoxy) is 1. The van der Waals surface area contributed by atoms with Crippen LogP contribution in [0.15, 0.2) is 28.3 Å². The van der Waals surface area contributed by atoms with E-state index >= 15 is 0 Å². The van der Waals surface area contributed by atoms with E-state index in [0.717, 1.165) is 17.4 Å². The lowest BCUT2D eigenvalue weighted by Gasteiger charge is -2.32. The first-order valence-corrected chi connectivity index (χ1v) is 9.75. The SMILES string of the molecule is Cn1c(=O)c2c(ncn2CC(=O)N2CCC[C@H](Oc3ncc(Cl)cn3)C2)n(C)c1=O. The quantitative estimate of drug-likeness (QED) is 0.566. The molecule has 1 amide bonds. The zero-order chi connectivity index (χ0) is 21.4. The number of imidazole rings is 1. The third kappa shape index (κ3) is 3.67. The van der Waals surface area contributed by atoms with Gasteiger partial charge in [-0.25, -0.2) is 19.7 Å². The van der Waals surface area contributed by atoms with Crippen LogP contribution in [0.5, 0.6) is 6.01 Å². The Morgan fingerprint density at radius 3 is 2.67 bits per heavy atom. The highest BCUT2D eigenvalue weighted by molar-refractivity contribution is 6.30. The highest BCUT2D eigenvalue weighted by Crippen LogP contribution is 2.17. The van der Waals surface area contributed by atoms with Crippen LogP contribution < -0.4 is 16.0 Å². The van der Waals surface area contributed by atoms with Crippen LogP contribution in [0.2, 0.25) is 5.02 Å². The summed E-state index contributed by atoms with van der Waals surface area (Å²) in [5, 5.41) is 0.416. The number of rotatable bonds is 4. The molecule has 4 heterocycles. The first-order valence-electron chi connectivity index (χ1n) is 9.38. The number of hydrogen-bond donors (Lipinski definition) is 0. The van der Waals surface area contributed by atoms with Gasteiger partial charge in [0.05, 0.1) is 30.3 Å². The van der Waals surface area contributed by atoms with Crippen LogP contribution in [0, 0.1) is 0 Å².